The Labute approximate surface area is 98.2 Å². The Balaban J connectivity index is 2.17. The monoisotopic (exact) mass is 235 g/mol. The van der Waals surface area contributed by atoms with E-state index in [-0.39, 0.29) is 11.6 Å². The van der Waals surface area contributed by atoms with Crippen LogP contribution >= 0.6 is 11.3 Å². The topological polar surface area (TPSA) is 47.0 Å². The van der Waals surface area contributed by atoms with Gasteiger partial charge in [-0.05, 0) is 25.0 Å². The van der Waals surface area contributed by atoms with Gasteiger partial charge in [-0.2, -0.15) is 0 Å². The van der Waals surface area contributed by atoms with Gasteiger partial charge in [-0.25, -0.2) is 4.98 Å². The number of carbonyl (C=O) groups excluding carboxylic acids is 2. The third kappa shape index (κ3) is 2.11. The average Bonchev–Trinajstić information content (AvgIpc) is 2.69. The summed E-state index contributed by atoms with van der Waals surface area (Å²) in [6.07, 6.45) is 6.89. The maximum atomic E-state index is 11.5. The van der Waals surface area contributed by atoms with E-state index in [1.165, 1.54) is 23.5 Å². The fourth-order valence-corrected chi connectivity index (χ4v) is 2.67. The molecule has 4 heteroatoms. The molecule has 0 atom stereocenters. The second-order valence-corrected chi connectivity index (χ2v) is 4.89. The van der Waals surface area contributed by atoms with E-state index in [0.29, 0.717) is 10.6 Å². The minimum Gasteiger partial charge on any atom is -0.288 e. The van der Waals surface area contributed by atoms with Gasteiger partial charge in [0.1, 0.15) is 10.6 Å². The van der Waals surface area contributed by atoms with E-state index >= 15 is 0 Å². The van der Waals surface area contributed by atoms with Crippen LogP contribution in [0.15, 0.2) is 12.2 Å². The van der Waals surface area contributed by atoms with Crippen LogP contribution in [0.1, 0.15) is 51.4 Å². The van der Waals surface area contributed by atoms with Crippen LogP contribution in [0, 0.1) is 0 Å². The van der Waals surface area contributed by atoms with Crippen LogP contribution in [0.4, 0.5) is 0 Å². The maximum absolute atomic E-state index is 11.5. The maximum Gasteiger partial charge on any atom is 0.205 e. The van der Waals surface area contributed by atoms with Crippen molar-refractivity contribution in [1.29, 1.82) is 0 Å². The first-order valence-electron chi connectivity index (χ1n) is 5.49. The molecule has 1 heterocycles. The SMILES string of the molecule is CCCCCc1nc2c(s1)C(=O)C=CC2=O. The molecule has 0 saturated heterocycles. The van der Waals surface area contributed by atoms with E-state index in [1.54, 1.807) is 0 Å². The van der Waals surface area contributed by atoms with Gasteiger partial charge in [0.15, 0.2) is 5.78 Å². The number of carbonyl (C=O) groups is 2. The molecule has 2 rings (SSSR count). The lowest BCUT2D eigenvalue weighted by Gasteiger charge is -1.98. The highest BCUT2D eigenvalue weighted by atomic mass is 32.1. The van der Waals surface area contributed by atoms with Gasteiger partial charge < -0.3 is 0 Å². The lowest BCUT2D eigenvalue weighted by Crippen LogP contribution is -2.09. The molecule has 0 aromatic carbocycles. The summed E-state index contributed by atoms with van der Waals surface area (Å²) in [5, 5.41) is 0.906. The van der Waals surface area contributed by atoms with Crippen molar-refractivity contribution in [1.82, 2.24) is 4.98 Å². The summed E-state index contributed by atoms with van der Waals surface area (Å²) in [6.45, 7) is 2.14. The van der Waals surface area contributed by atoms with Gasteiger partial charge >= 0.3 is 0 Å². The molecule has 0 spiro atoms. The minimum atomic E-state index is -0.146. The Hall–Kier alpha value is -1.29. The smallest absolute Gasteiger partial charge is 0.205 e. The highest BCUT2D eigenvalue weighted by Gasteiger charge is 2.23. The van der Waals surface area contributed by atoms with Gasteiger partial charge in [-0.3, -0.25) is 9.59 Å². The second-order valence-electron chi connectivity index (χ2n) is 3.80. The number of thiazole rings is 1. The molecule has 16 heavy (non-hydrogen) atoms. The zero-order valence-corrected chi connectivity index (χ0v) is 9.97. The summed E-state index contributed by atoms with van der Waals surface area (Å²) in [5.74, 6) is -0.235. The van der Waals surface area contributed by atoms with E-state index in [1.807, 2.05) is 0 Å². The van der Waals surface area contributed by atoms with Crippen molar-refractivity contribution in [2.45, 2.75) is 32.6 Å². The highest BCUT2D eigenvalue weighted by Crippen LogP contribution is 2.24. The molecular formula is C12H13NO2S. The Kier molecular flexibility index (Phi) is 3.29. The number of hydrogen-bond acceptors (Lipinski definition) is 4. The third-order valence-electron chi connectivity index (χ3n) is 2.51. The van der Waals surface area contributed by atoms with Crippen LogP contribution in [0.25, 0.3) is 0 Å². The first kappa shape index (κ1) is 11.2. The highest BCUT2D eigenvalue weighted by molar-refractivity contribution is 7.14. The van der Waals surface area contributed by atoms with E-state index in [4.69, 9.17) is 0 Å². The molecule has 0 N–H and O–H groups in total. The number of nitrogens with zero attached hydrogens (tertiary/aromatic N) is 1. The first-order chi connectivity index (χ1) is 7.72. The van der Waals surface area contributed by atoms with Crippen LogP contribution in [0.2, 0.25) is 0 Å². The lowest BCUT2D eigenvalue weighted by molar-refractivity contribution is 0.0994. The molecule has 1 aliphatic rings. The fourth-order valence-electron chi connectivity index (χ4n) is 1.64. The summed E-state index contributed by atoms with van der Waals surface area (Å²) >= 11 is 1.36. The fraction of sp³-hybridized carbons (Fsp3) is 0.417. The Bertz CT molecular complexity index is 424. The third-order valence-corrected chi connectivity index (χ3v) is 3.64. The number of allylic oxidation sites excluding steroid dienone is 2. The first-order valence-corrected chi connectivity index (χ1v) is 6.30. The molecule has 0 radical (unpaired) electrons. The van der Waals surface area contributed by atoms with Gasteiger partial charge in [-0.1, -0.05) is 19.8 Å². The number of rotatable bonds is 4. The Morgan fingerprint density at radius 1 is 1.19 bits per heavy atom. The largest absolute Gasteiger partial charge is 0.288 e. The van der Waals surface area contributed by atoms with Gasteiger partial charge in [0.05, 0.1) is 5.01 Å². The number of aromatic nitrogens is 1. The van der Waals surface area contributed by atoms with Crippen molar-refractivity contribution < 1.29 is 9.59 Å². The summed E-state index contributed by atoms with van der Waals surface area (Å²) in [5.41, 5.74) is 0.351. The predicted molar refractivity (Wildman–Crippen MR) is 63.1 cm³/mol. The number of unbranched alkanes of at least 4 members (excludes halogenated alkanes) is 2. The number of fused-ring (bicyclic) bond motifs is 1. The molecule has 1 aromatic rings. The van der Waals surface area contributed by atoms with Crippen molar-refractivity contribution >= 4 is 22.9 Å². The molecule has 0 amide bonds. The predicted octanol–water partition coefficient (Wildman–Crippen LogP) is 2.81. The van der Waals surface area contributed by atoms with Gasteiger partial charge in [0.25, 0.3) is 0 Å². The van der Waals surface area contributed by atoms with Crippen molar-refractivity contribution in [2.75, 3.05) is 0 Å². The van der Waals surface area contributed by atoms with E-state index in [9.17, 15) is 9.59 Å². The second kappa shape index (κ2) is 4.70. The van der Waals surface area contributed by atoms with Crippen molar-refractivity contribution in [2.24, 2.45) is 0 Å². The minimum absolute atomic E-state index is 0.0890. The molecule has 1 aliphatic carbocycles. The summed E-state index contributed by atoms with van der Waals surface area (Å²) < 4.78 is 0. The van der Waals surface area contributed by atoms with E-state index < -0.39 is 0 Å². The molecular weight excluding hydrogens is 222 g/mol. The zero-order valence-electron chi connectivity index (χ0n) is 9.16. The molecule has 0 aliphatic heterocycles. The molecule has 0 saturated carbocycles. The van der Waals surface area contributed by atoms with Crippen molar-refractivity contribution in [3.05, 3.63) is 27.7 Å². The van der Waals surface area contributed by atoms with Gasteiger partial charge in [0, 0.05) is 0 Å². The normalized spacial score (nSPS) is 14.3. The molecule has 84 valence electrons. The van der Waals surface area contributed by atoms with Crippen LogP contribution in [0.3, 0.4) is 0 Å². The van der Waals surface area contributed by atoms with Crippen LogP contribution < -0.4 is 0 Å². The lowest BCUT2D eigenvalue weighted by atomic mass is 10.1. The number of aryl methyl sites for hydroxylation is 1. The summed E-state index contributed by atoms with van der Waals surface area (Å²) in [6, 6.07) is 0. The van der Waals surface area contributed by atoms with Crippen molar-refractivity contribution in [3.8, 4) is 0 Å². The number of ketones is 2. The van der Waals surface area contributed by atoms with Crippen LogP contribution in [-0.4, -0.2) is 16.6 Å². The Morgan fingerprint density at radius 2 is 1.94 bits per heavy atom. The quantitative estimate of drug-likeness (QED) is 0.754. The van der Waals surface area contributed by atoms with E-state index in [0.717, 1.165) is 30.7 Å². The van der Waals surface area contributed by atoms with Gasteiger partial charge in [0.2, 0.25) is 5.78 Å². The van der Waals surface area contributed by atoms with E-state index in [2.05, 4.69) is 11.9 Å². The molecule has 0 bridgehead atoms. The van der Waals surface area contributed by atoms with Crippen LogP contribution in [-0.2, 0) is 6.42 Å². The molecule has 3 nitrogen and oxygen atoms in total. The molecule has 0 fully saturated rings. The molecule has 1 aromatic heterocycles. The Morgan fingerprint density at radius 3 is 2.62 bits per heavy atom. The average molecular weight is 235 g/mol. The number of hydrogen-bond donors (Lipinski definition) is 0. The summed E-state index contributed by atoms with van der Waals surface area (Å²) in [4.78, 5) is 27.7. The van der Waals surface area contributed by atoms with Crippen molar-refractivity contribution in [3.63, 3.8) is 0 Å². The van der Waals surface area contributed by atoms with Crippen LogP contribution in [0.5, 0.6) is 0 Å². The summed E-state index contributed by atoms with van der Waals surface area (Å²) in [7, 11) is 0. The van der Waals surface area contributed by atoms with Gasteiger partial charge in [-0.15, -0.1) is 11.3 Å². The zero-order chi connectivity index (χ0) is 11.5. The standard InChI is InChI=1S/C12H13NO2S/c1-2-3-4-5-10-13-11-8(14)6-7-9(15)12(11)16-10/h6-7H,2-5H2,1H3. The molecule has 0 unspecified atom stereocenters.